The Bertz CT molecular complexity index is 827. The first-order chi connectivity index (χ1) is 12.1. The van der Waals surface area contributed by atoms with Crippen LogP contribution in [0.15, 0.2) is 46.3 Å². The Morgan fingerprint density at radius 3 is 2.46 bits per heavy atom. The van der Waals surface area contributed by atoms with Crippen molar-refractivity contribution in [1.82, 2.24) is 10.6 Å². The number of nitrogens with one attached hydrogen (secondary N) is 2. The average Bonchev–Trinajstić information content (AvgIpc) is 3.08. The summed E-state index contributed by atoms with van der Waals surface area (Å²) in [6.45, 7) is 0. The first-order valence-corrected chi connectivity index (χ1v) is 9.42. The molecule has 1 fully saturated rings. The van der Waals surface area contributed by atoms with Crippen molar-refractivity contribution in [1.29, 1.82) is 0 Å². The van der Waals surface area contributed by atoms with Gasteiger partial charge in [0.25, 0.3) is 0 Å². The van der Waals surface area contributed by atoms with Crippen LogP contribution in [0.25, 0.3) is 0 Å². The summed E-state index contributed by atoms with van der Waals surface area (Å²) >= 11 is 9.14. The fraction of sp³-hybridized carbons (Fsp3) is 0.250. The molecule has 1 saturated heterocycles. The highest BCUT2D eigenvalue weighted by atomic mass is 79.9. The maximum absolute atomic E-state index is 13.7. The van der Waals surface area contributed by atoms with Gasteiger partial charge in [0, 0.05) is 4.47 Å². The van der Waals surface area contributed by atoms with Crippen LogP contribution in [-0.4, -0.2) is 27.9 Å². The largest absolute Gasteiger partial charge is 0.437 e. The molecule has 0 saturated carbocycles. The molecule has 1 aromatic heterocycles. The second kappa shape index (κ2) is 6.91. The van der Waals surface area contributed by atoms with Gasteiger partial charge < -0.3 is 15.7 Å². The van der Waals surface area contributed by atoms with E-state index in [0.29, 0.717) is 5.56 Å². The quantitative estimate of drug-likeness (QED) is 0.476. The van der Waals surface area contributed by atoms with E-state index in [1.54, 1.807) is 35.7 Å². The van der Waals surface area contributed by atoms with Crippen LogP contribution in [0.1, 0.15) is 21.3 Å². The lowest BCUT2D eigenvalue weighted by atomic mass is 9.79. The van der Waals surface area contributed by atoms with Crippen molar-refractivity contribution in [3.63, 3.8) is 0 Å². The summed E-state index contributed by atoms with van der Waals surface area (Å²) in [6, 6.07) is 8.26. The van der Waals surface area contributed by atoms with Crippen LogP contribution in [0, 0.1) is 5.92 Å². The predicted octanol–water partition coefficient (Wildman–Crippen LogP) is 3.78. The number of halogens is 4. The number of alkyl halides is 3. The number of hydrogen-bond donors (Lipinski definition) is 3. The molecule has 2 heterocycles. The standard InChI is InChI=1S/C16H12BrF3N2O2S2/c17-9-5-3-8(4-6-9)12-11(13(23)10-2-1-7-26-10)15(24,16(18,19)20)22-14(25)21-12/h1-7,11-12,24H,(H2,21,22,25)/t11-,12+,15+/m1/s1. The summed E-state index contributed by atoms with van der Waals surface area (Å²) in [5.41, 5.74) is -3.09. The summed E-state index contributed by atoms with van der Waals surface area (Å²) in [5.74, 6) is -2.69. The molecule has 3 atom stereocenters. The highest BCUT2D eigenvalue weighted by Gasteiger charge is 2.65. The second-order valence-electron chi connectivity index (χ2n) is 5.71. The van der Waals surface area contributed by atoms with Crippen LogP contribution in [0.5, 0.6) is 0 Å². The Balaban J connectivity index is 2.14. The van der Waals surface area contributed by atoms with Gasteiger partial charge in [0.1, 0.15) is 5.92 Å². The van der Waals surface area contributed by atoms with Gasteiger partial charge in [-0.05, 0) is 41.4 Å². The lowest BCUT2D eigenvalue weighted by Crippen LogP contribution is -2.72. The van der Waals surface area contributed by atoms with E-state index in [0.717, 1.165) is 15.8 Å². The van der Waals surface area contributed by atoms with Gasteiger partial charge in [0.05, 0.1) is 10.9 Å². The third kappa shape index (κ3) is 3.38. The summed E-state index contributed by atoms with van der Waals surface area (Å²) in [4.78, 5) is 13.0. The monoisotopic (exact) mass is 464 g/mol. The molecule has 1 aliphatic rings. The Kier molecular flexibility index (Phi) is 5.13. The minimum absolute atomic E-state index is 0.121. The fourth-order valence-electron chi connectivity index (χ4n) is 2.86. The number of aliphatic hydroxyl groups is 1. The van der Waals surface area contributed by atoms with Crippen molar-refractivity contribution < 1.29 is 23.1 Å². The van der Waals surface area contributed by atoms with Crippen molar-refractivity contribution in [2.45, 2.75) is 17.9 Å². The number of carbonyl (C=O) groups is 1. The Morgan fingerprint density at radius 2 is 1.92 bits per heavy atom. The molecule has 1 aromatic carbocycles. The van der Waals surface area contributed by atoms with Crippen molar-refractivity contribution >= 4 is 50.4 Å². The highest BCUT2D eigenvalue weighted by Crippen LogP contribution is 2.44. The zero-order chi connectivity index (χ0) is 19.1. The topological polar surface area (TPSA) is 61.4 Å². The minimum Gasteiger partial charge on any atom is -0.363 e. The number of carbonyl (C=O) groups excluding carboxylic acids is 1. The Morgan fingerprint density at radius 1 is 1.27 bits per heavy atom. The van der Waals surface area contributed by atoms with Crippen LogP contribution in [0.2, 0.25) is 0 Å². The number of Topliss-reactive ketones (excluding diaryl/α,β-unsaturated/α-hetero) is 1. The number of rotatable bonds is 3. The molecule has 0 amide bonds. The third-order valence-corrected chi connectivity index (χ3v) is 5.71. The first-order valence-electron chi connectivity index (χ1n) is 7.34. The van der Waals surface area contributed by atoms with Crippen molar-refractivity contribution in [2.75, 3.05) is 0 Å². The molecule has 0 spiro atoms. The van der Waals surface area contributed by atoms with Crippen LogP contribution >= 0.6 is 39.5 Å². The Labute approximate surface area is 164 Å². The van der Waals surface area contributed by atoms with E-state index < -0.39 is 29.6 Å². The van der Waals surface area contributed by atoms with Gasteiger partial charge in [-0.2, -0.15) is 13.2 Å². The molecule has 10 heteroatoms. The van der Waals surface area contributed by atoms with Crippen molar-refractivity contribution in [2.24, 2.45) is 5.92 Å². The molecule has 3 N–H and O–H groups in total. The van der Waals surface area contributed by atoms with Gasteiger partial charge in [-0.1, -0.05) is 34.1 Å². The highest BCUT2D eigenvalue weighted by molar-refractivity contribution is 9.10. The molecule has 26 heavy (non-hydrogen) atoms. The van der Waals surface area contributed by atoms with E-state index in [1.165, 1.54) is 6.07 Å². The second-order valence-corrected chi connectivity index (χ2v) is 7.98. The van der Waals surface area contributed by atoms with E-state index in [2.05, 4.69) is 21.2 Å². The summed E-state index contributed by atoms with van der Waals surface area (Å²) < 4.78 is 42.0. The van der Waals surface area contributed by atoms with Crippen molar-refractivity contribution in [3.8, 4) is 0 Å². The van der Waals surface area contributed by atoms with Gasteiger partial charge in [0.2, 0.25) is 5.72 Å². The van der Waals surface area contributed by atoms with E-state index in [9.17, 15) is 23.1 Å². The van der Waals surface area contributed by atoms with Gasteiger partial charge in [-0.3, -0.25) is 4.79 Å². The van der Waals surface area contributed by atoms with Crippen molar-refractivity contribution in [3.05, 3.63) is 56.7 Å². The number of thiophene rings is 1. The summed E-state index contributed by atoms with van der Waals surface area (Å²) in [7, 11) is 0. The van der Waals surface area contributed by atoms with Crippen LogP contribution in [-0.2, 0) is 0 Å². The van der Waals surface area contributed by atoms with Gasteiger partial charge in [-0.25, -0.2) is 0 Å². The molecule has 0 unspecified atom stereocenters. The minimum atomic E-state index is -5.12. The average molecular weight is 465 g/mol. The number of ketones is 1. The first kappa shape index (κ1) is 19.3. The molecule has 138 valence electrons. The van der Waals surface area contributed by atoms with Gasteiger partial charge >= 0.3 is 6.18 Å². The lowest BCUT2D eigenvalue weighted by molar-refractivity contribution is -0.285. The zero-order valence-corrected chi connectivity index (χ0v) is 16.1. The molecule has 2 aromatic rings. The third-order valence-electron chi connectivity index (χ3n) is 4.08. The molecule has 0 radical (unpaired) electrons. The summed E-state index contributed by atoms with van der Waals surface area (Å²) in [5, 5.41) is 16.3. The van der Waals surface area contributed by atoms with E-state index >= 15 is 0 Å². The van der Waals surface area contributed by atoms with Crippen LogP contribution < -0.4 is 10.6 Å². The number of hydrogen-bond acceptors (Lipinski definition) is 4. The van der Waals surface area contributed by atoms with Crippen LogP contribution in [0.3, 0.4) is 0 Å². The SMILES string of the molecule is O=C(c1cccs1)[C@H]1[C@H](c2ccc(Br)cc2)NC(=S)N[C@@]1(O)C(F)(F)F. The number of thiocarbonyl (C=S) groups is 1. The molecular weight excluding hydrogens is 453 g/mol. The predicted molar refractivity (Wildman–Crippen MR) is 98.9 cm³/mol. The van der Waals surface area contributed by atoms with Gasteiger partial charge in [-0.15, -0.1) is 11.3 Å². The maximum atomic E-state index is 13.7. The lowest BCUT2D eigenvalue weighted by Gasteiger charge is -2.46. The molecular formula is C16H12BrF3N2O2S2. The molecule has 1 aliphatic heterocycles. The molecule has 0 aliphatic carbocycles. The zero-order valence-electron chi connectivity index (χ0n) is 12.9. The van der Waals surface area contributed by atoms with Gasteiger partial charge in [0.15, 0.2) is 10.9 Å². The molecule has 4 nitrogen and oxygen atoms in total. The van der Waals surface area contributed by atoms with E-state index in [-0.39, 0.29) is 9.99 Å². The molecule has 0 bridgehead atoms. The number of benzene rings is 1. The normalized spacial score (nSPS) is 26.1. The fourth-order valence-corrected chi connectivity index (χ4v) is 4.11. The summed E-state index contributed by atoms with van der Waals surface area (Å²) in [6.07, 6.45) is -5.12. The smallest absolute Gasteiger partial charge is 0.363 e. The van der Waals surface area contributed by atoms with Crippen LogP contribution in [0.4, 0.5) is 13.2 Å². The molecule has 3 rings (SSSR count). The van der Waals surface area contributed by atoms with E-state index in [4.69, 9.17) is 12.2 Å². The maximum Gasteiger partial charge on any atom is 0.437 e. The van der Waals surface area contributed by atoms with E-state index in [1.807, 2.05) is 5.32 Å². The Hall–Kier alpha value is -1.49.